The summed E-state index contributed by atoms with van der Waals surface area (Å²) in [6.45, 7) is 1.59. The van der Waals surface area contributed by atoms with E-state index in [9.17, 15) is 14.0 Å². The Morgan fingerprint density at radius 3 is 2.50 bits per heavy atom. The number of ketones is 1. The molecule has 28 heavy (non-hydrogen) atoms. The van der Waals surface area contributed by atoms with Crippen molar-refractivity contribution in [2.24, 2.45) is 5.73 Å². The number of thiazole rings is 1. The molecule has 0 bridgehead atoms. The van der Waals surface area contributed by atoms with E-state index in [1.807, 2.05) is 0 Å². The zero-order valence-corrected chi connectivity index (χ0v) is 17.1. The number of carbonyl (C=O) groups is 2. The second kappa shape index (κ2) is 8.07. The van der Waals surface area contributed by atoms with Gasteiger partial charge in [-0.2, -0.15) is 0 Å². The third-order valence-electron chi connectivity index (χ3n) is 4.06. The number of carbonyl (C=O) groups excluding carboxylic acids is 2. The van der Waals surface area contributed by atoms with Crippen LogP contribution >= 0.6 is 27.3 Å². The van der Waals surface area contributed by atoms with Crippen molar-refractivity contribution in [3.8, 4) is 0 Å². The van der Waals surface area contributed by atoms with Gasteiger partial charge in [0.2, 0.25) is 11.7 Å². The Kier molecular flexibility index (Phi) is 5.76. The number of nitrogens with two attached hydrogens (primary N) is 2. The third kappa shape index (κ3) is 3.90. The summed E-state index contributed by atoms with van der Waals surface area (Å²) in [4.78, 5) is 30.7. The summed E-state index contributed by atoms with van der Waals surface area (Å²) in [6, 6.07) is 11.9. The van der Waals surface area contributed by atoms with E-state index in [4.69, 9.17) is 11.5 Å². The molecule has 3 aromatic rings. The van der Waals surface area contributed by atoms with Gasteiger partial charge in [0.25, 0.3) is 0 Å². The van der Waals surface area contributed by atoms with Gasteiger partial charge in [-0.05, 0) is 41.1 Å². The Morgan fingerprint density at radius 2 is 1.89 bits per heavy atom. The Labute approximate surface area is 173 Å². The molecular formula is C19H16BrFN4O2S. The summed E-state index contributed by atoms with van der Waals surface area (Å²) in [5.74, 6) is -1.28. The summed E-state index contributed by atoms with van der Waals surface area (Å²) in [7, 11) is 0. The van der Waals surface area contributed by atoms with Crippen LogP contribution < -0.4 is 16.4 Å². The monoisotopic (exact) mass is 462 g/mol. The van der Waals surface area contributed by atoms with Gasteiger partial charge in [-0.1, -0.05) is 41.7 Å². The van der Waals surface area contributed by atoms with Gasteiger partial charge in [0.05, 0.1) is 5.69 Å². The highest BCUT2D eigenvalue weighted by molar-refractivity contribution is 9.10. The third-order valence-corrected chi connectivity index (χ3v) is 5.76. The predicted octanol–water partition coefficient (Wildman–Crippen LogP) is 3.87. The molecule has 1 amide bonds. The quantitative estimate of drug-likeness (QED) is 0.541. The van der Waals surface area contributed by atoms with Crippen LogP contribution in [0.2, 0.25) is 0 Å². The van der Waals surface area contributed by atoms with Crippen molar-refractivity contribution in [2.75, 3.05) is 10.6 Å². The number of anilines is 3. The molecule has 3 rings (SSSR count). The molecule has 9 heteroatoms. The second-order valence-electron chi connectivity index (χ2n) is 5.95. The van der Waals surface area contributed by atoms with Crippen LogP contribution in [0.25, 0.3) is 0 Å². The van der Waals surface area contributed by atoms with Gasteiger partial charge < -0.3 is 16.4 Å². The number of hydrogen-bond acceptors (Lipinski definition) is 6. The standard InChI is InChI=1S/C19H16BrFN4O2S/c1-10(18(23)27)25(14-8-7-12(21)9-13(14)20)19-24-17(22)16(28-19)15(26)11-5-3-2-4-6-11/h2-10H,22H2,1H3,(H2,23,27)/t10-/m1/s1. The number of nitrogens with zero attached hydrogens (tertiary/aromatic N) is 2. The fourth-order valence-corrected chi connectivity index (χ4v) is 4.17. The lowest BCUT2D eigenvalue weighted by atomic mass is 10.1. The molecule has 0 aliphatic heterocycles. The van der Waals surface area contributed by atoms with E-state index in [1.165, 1.54) is 23.1 Å². The summed E-state index contributed by atoms with van der Waals surface area (Å²) in [5.41, 5.74) is 12.4. The Balaban J connectivity index is 2.09. The average Bonchev–Trinajstić information content (AvgIpc) is 3.04. The summed E-state index contributed by atoms with van der Waals surface area (Å²) in [5, 5.41) is 0.301. The minimum atomic E-state index is -0.813. The van der Waals surface area contributed by atoms with Crippen LogP contribution in [0.5, 0.6) is 0 Å². The molecule has 2 aromatic carbocycles. The van der Waals surface area contributed by atoms with Crippen molar-refractivity contribution in [1.29, 1.82) is 0 Å². The Morgan fingerprint density at radius 1 is 1.21 bits per heavy atom. The zero-order chi connectivity index (χ0) is 20.4. The molecule has 0 unspecified atom stereocenters. The maximum atomic E-state index is 13.5. The summed E-state index contributed by atoms with van der Waals surface area (Å²) in [6.07, 6.45) is 0. The summed E-state index contributed by atoms with van der Waals surface area (Å²) >= 11 is 4.34. The fraction of sp³-hybridized carbons (Fsp3) is 0.105. The highest BCUT2D eigenvalue weighted by atomic mass is 79.9. The van der Waals surface area contributed by atoms with Gasteiger partial charge >= 0.3 is 0 Å². The van der Waals surface area contributed by atoms with Gasteiger partial charge in [-0.25, -0.2) is 9.37 Å². The molecule has 1 heterocycles. The highest BCUT2D eigenvalue weighted by Gasteiger charge is 2.28. The zero-order valence-electron chi connectivity index (χ0n) is 14.7. The van der Waals surface area contributed by atoms with E-state index in [1.54, 1.807) is 37.3 Å². The predicted molar refractivity (Wildman–Crippen MR) is 111 cm³/mol. The minimum Gasteiger partial charge on any atom is -0.382 e. The van der Waals surface area contributed by atoms with Gasteiger partial charge in [-0.3, -0.25) is 9.59 Å². The van der Waals surface area contributed by atoms with E-state index in [0.29, 0.717) is 20.9 Å². The largest absolute Gasteiger partial charge is 0.382 e. The first-order valence-corrected chi connectivity index (χ1v) is 9.80. The number of rotatable bonds is 6. The number of amides is 1. The van der Waals surface area contributed by atoms with Crippen LogP contribution in [-0.4, -0.2) is 22.7 Å². The lowest BCUT2D eigenvalue weighted by Gasteiger charge is -2.27. The minimum absolute atomic E-state index is 0.0498. The molecule has 0 saturated carbocycles. The van der Waals surface area contributed by atoms with Crippen LogP contribution in [0.1, 0.15) is 22.2 Å². The second-order valence-corrected chi connectivity index (χ2v) is 7.78. The van der Waals surface area contributed by atoms with Crippen molar-refractivity contribution < 1.29 is 14.0 Å². The molecule has 0 spiro atoms. The van der Waals surface area contributed by atoms with Crippen LogP contribution in [0.3, 0.4) is 0 Å². The lowest BCUT2D eigenvalue weighted by Crippen LogP contribution is -2.40. The number of halogens is 2. The molecule has 1 aromatic heterocycles. The topological polar surface area (TPSA) is 102 Å². The molecule has 144 valence electrons. The van der Waals surface area contributed by atoms with Gasteiger partial charge in [0.15, 0.2) is 5.13 Å². The average molecular weight is 463 g/mol. The van der Waals surface area contributed by atoms with Crippen LogP contribution in [0.15, 0.2) is 53.0 Å². The van der Waals surface area contributed by atoms with Gasteiger partial charge in [0.1, 0.15) is 22.6 Å². The molecule has 0 radical (unpaired) electrons. The SMILES string of the molecule is C[C@H](C(N)=O)N(c1nc(N)c(C(=O)c2ccccc2)s1)c1ccc(F)cc1Br. The Bertz CT molecular complexity index is 1040. The van der Waals surface area contributed by atoms with Crippen molar-refractivity contribution >= 4 is 55.6 Å². The number of aromatic nitrogens is 1. The first kappa shape index (κ1) is 20.0. The molecule has 4 N–H and O–H groups in total. The molecule has 0 fully saturated rings. The lowest BCUT2D eigenvalue weighted by molar-refractivity contribution is -0.118. The number of benzene rings is 2. The molecular weight excluding hydrogens is 447 g/mol. The maximum absolute atomic E-state index is 13.5. The smallest absolute Gasteiger partial charge is 0.240 e. The van der Waals surface area contributed by atoms with Crippen molar-refractivity contribution in [3.05, 3.63) is 69.3 Å². The maximum Gasteiger partial charge on any atom is 0.240 e. The summed E-state index contributed by atoms with van der Waals surface area (Å²) < 4.78 is 13.9. The number of hydrogen-bond donors (Lipinski definition) is 2. The number of primary amides is 1. The van der Waals surface area contributed by atoms with Crippen LogP contribution in [-0.2, 0) is 4.79 Å². The van der Waals surface area contributed by atoms with Crippen molar-refractivity contribution in [3.63, 3.8) is 0 Å². The van der Waals surface area contributed by atoms with E-state index in [2.05, 4.69) is 20.9 Å². The molecule has 0 aliphatic rings. The van der Waals surface area contributed by atoms with E-state index in [-0.39, 0.29) is 16.5 Å². The number of nitrogen functional groups attached to an aromatic ring is 1. The van der Waals surface area contributed by atoms with Crippen molar-refractivity contribution in [2.45, 2.75) is 13.0 Å². The van der Waals surface area contributed by atoms with E-state index in [0.717, 1.165) is 11.3 Å². The molecule has 1 atom stereocenters. The molecule has 0 aliphatic carbocycles. The van der Waals surface area contributed by atoms with Gasteiger partial charge in [0, 0.05) is 10.0 Å². The highest BCUT2D eigenvalue weighted by Crippen LogP contribution is 2.39. The molecule has 6 nitrogen and oxygen atoms in total. The normalized spacial score (nSPS) is 11.8. The first-order chi connectivity index (χ1) is 13.3. The van der Waals surface area contributed by atoms with E-state index < -0.39 is 17.8 Å². The molecule has 0 saturated heterocycles. The first-order valence-electron chi connectivity index (χ1n) is 8.19. The van der Waals surface area contributed by atoms with Gasteiger partial charge in [-0.15, -0.1) is 0 Å². The fourth-order valence-electron chi connectivity index (χ4n) is 2.59. The van der Waals surface area contributed by atoms with Crippen LogP contribution in [0, 0.1) is 5.82 Å². The van der Waals surface area contributed by atoms with Crippen LogP contribution in [0.4, 0.5) is 21.0 Å². The van der Waals surface area contributed by atoms with Crippen molar-refractivity contribution in [1.82, 2.24) is 4.98 Å². The Hall–Kier alpha value is -2.78. The van der Waals surface area contributed by atoms with E-state index >= 15 is 0 Å².